The van der Waals surface area contributed by atoms with Crippen molar-refractivity contribution in [3.63, 3.8) is 0 Å². The molecule has 1 aromatic carbocycles. The van der Waals surface area contributed by atoms with Crippen LogP contribution in [-0.2, 0) is 17.8 Å². The molecule has 1 radical (unpaired) electrons. The van der Waals surface area contributed by atoms with Gasteiger partial charge in [-0.2, -0.15) is 0 Å². The van der Waals surface area contributed by atoms with Crippen LogP contribution in [0.3, 0.4) is 0 Å². The number of thiophene rings is 1. The molecule has 1 aliphatic heterocycles. The van der Waals surface area contributed by atoms with Gasteiger partial charge >= 0.3 is 0 Å². The minimum atomic E-state index is 0.285. The summed E-state index contributed by atoms with van der Waals surface area (Å²) in [7, 11) is 4.38. The Morgan fingerprint density at radius 3 is 2.30 bits per heavy atom. The fourth-order valence-corrected chi connectivity index (χ4v) is 8.02. The highest BCUT2D eigenvalue weighted by atomic mass is 32.2. The van der Waals surface area contributed by atoms with E-state index < -0.39 is 0 Å². The predicted molar refractivity (Wildman–Crippen MR) is 201 cm³/mol. The molecule has 1 aliphatic carbocycles. The van der Waals surface area contributed by atoms with Crippen molar-refractivity contribution in [2.24, 2.45) is 0 Å². The third-order valence-corrected chi connectivity index (χ3v) is 10.8. The molecule has 0 N–H and O–H groups in total. The number of thioether (sulfide) groups is 1. The van der Waals surface area contributed by atoms with Gasteiger partial charge in [-0.25, -0.2) is 0 Å². The van der Waals surface area contributed by atoms with Crippen LogP contribution in [0, 0.1) is 13.8 Å². The number of carbonyl (C=O) groups excluding carboxylic acids is 1. The normalized spacial score (nSPS) is 16.2. The first kappa shape index (κ1) is 38.4. The van der Waals surface area contributed by atoms with Crippen LogP contribution >= 0.6 is 23.1 Å². The molecule has 241 valence electrons. The van der Waals surface area contributed by atoms with Gasteiger partial charge in [-0.1, -0.05) is 127 Å². The number of allylic oxidation sites excluding steroid dienone is 5. The van der Waals surface area contributed by atoms with Crippen LogP contribution in [0.1, 0.15) is 118 Å². The van der Waals surface area contributed by atoms with Crippen molar-refractivity contribution in [1.82, 2.24) is 4.90 Å². The van der Waals surface area contributed by atoms with Gasteiger partial charge in [0, 0.05) is 50.2 Å². The molecule has 2 nitrogen and oxygen atoms in total. The second-order valence-corrected chi connectivity index (χ2v) is 14.5. The summed E-state index contributed by atoms with van der Waals surface area (Å²) >= 11 is 3.90. The van der Waals surface area contributed by atoms with E-state index in [2.05, 4.69) is 103 Å². The van der Waals surface area contributed by atoms with Gasteiger partial charge in [0.2, 0.25) is 0 Å². The number of unbranched alkanes of at least 4 members (excludes halogenated alkanes) is 6. The van der Waals surface area contributed by atoms with Crippen molar-refractivity contribution in [3.8, 4) is 0 Å². The van der Waals surface area contributed by atoms with E-state index in [1.165, 1.54) is 83.7 Å². The van der Waals surface area contributed by atoms with Gasteiger partial charge in [-0.05, 0) is 70.1 Å². The van der Waals surface area contributed by atoms with Crippen LogP contribution in [0.2, 0.25) is 12.6 Å². The van der Waals surface area contributed by atoms with Gasteiger partial charge in [0.15, 0.2) is 5.78 Å². The van der Waals surface area contributed by atoms with Crippen LogP contribution in [0.5, 0.6) is 0 Å². The minimum Gasteiger partial charge on any atom is -0.301 e. The van der Waals surface area contributed by atoms with Crippen molar-refractivity contribution in [3.05, 3.63) is 80.6 Å². The first-order valence-corrected chi connectivity index (χ1v) is 18.8. The van der Waals surface area contributed by atoms with E-state index in [9.17, 15) is 4.79 Å². The smallest absolute Gasteiger partial charge is 0.162 e. The third kappa shape index (κ3) is 12.9. The zero-order chi connectivity index (χ0) is 32.3. The van der Waals surface area contributed by atoms with E-state index in [-0.39, 0.29) is 5.78 Å². The first-order chi connectivity index (χ1) is 21.3. The lowest BCUT2D eigenvalue weighted by Gasteiger charge is -2.23. The van der Waals surface area contributed by atoms with Gasteiger partial charge in [-0.15, -0.1) is 11.3 Å². The summed E-state index contributed by atoms with van der Waals surface area (Å²) in [4.78, 5) is 19.7. The molecule has 1 aromatic heterocycles. The fraction of sp³-hybridized carbons (Fsp3) is 0.564. The summed E-state index contributed by atoms with van der Waals surface area (Å²) in [6.45, 7) is 17.5. The number of hydrogen-bond donors (Lipinski definition) is 0. The Hall–Kier alpha value is -1.82. The number of carbonyl (C=O) groups is 1. The maximum atomic E-state index is 11.5. The maximum absolute atomic E-state index is 11.5. The lowest BCUT2D eigenvalue weighted by atomic mass is 9.64. The van der Waals surface area contributed by atoms with Crippen molar-refractivity contribution in [2.75, 3.05) is 13.6 Å². The van der Waals surface area contributed by atoms with Crippen molar-refractivity contribution < 1.29 is 4.79 Å². The molecule has 0 fully saturated rings. The number of benzene rings is 1. The molecular formula is C39H59BNOS2. The Bertz CT molecular complexity index is 1220. The Labute approximate surface area is 280 Å². The summed E-state index contributed by atoms with van der Waals surface area (Å²) in [5.74, 6) is 0.812. The number of rotatable bonds is 13. The number of hydrogen-bond acceptors (Lipinski definition) is 4. The average Bonchev–Trinajstić information content (AvgIpc) is 3.36. The number of Topliss-reactive ketones (excluding diaryl/α,β-unsaturated/α-hetero) is 1. The first-order valence-electron chi connectivity index (χ1n) is 17.2. The van der Waals surface area contributed by atoms with Crippen LogP contribution in [0.25, 0.3) is 4.91 Å². The SMILES string of the molecule is C/C=C(\Sc1ccccc1C)c1c(C)sc2c1CCN(C)C2.CCCCCCCCC.C[B]C1C=CC(C(=O)CCC)=CC1. The fourth-order valence-electron chi connectivity index (χ4n) is 5.53. The second-order valence-electron chi connectivity index (χ2n) is 12.1. The van der Waals surface area contributed by atoms with Crippen LogP contribution in [0.15, 0.2) is 59.0 Å². The van der Waals surface area contributed by atoms with Crippen LogP contribution in [-0.4, -0.2) is 31.6 Å². The van der Waals surface area contributed by atoms with E-state index in [1.54, 1.807) is 10.4 Å². The van der Waals surface area contributed by atoms with Gasteiger partial charge in [-0.3, -0.25) is 4.79 Å². The van der Waals surface area contributed by atoms with Gasteiger partial charge < -0.3 is 4.90 Å². The summed E-state index contributed by atoms with van der Waals surface area (Å²) in [6.07, 6.45) is 22.2. The van der Waals surface area contributed by atoms with Gasteiger partial charge in [0.25, 0.3) is 0 Å². The quantitative estimate of drug-likeness (QED) is 0.124. The van der Waals surface area contributed by atoms with Crippen LogP contribution < -0.4 is 0 Å². The van der Waals surface area contributed by atoms with Crippen LogP contribution in [0.4, 0.5) is 0 Å². The summed E-state index contributed by atoms with van der Waals surface area (Å²) < 4.78 is 0. The Kier molecular flexibility index (Phi) is 19.0. The number of fused-ring (bicyclic) bond motifs is 1. The lowest BCUT2D eigenvalue weighted by Crippen LogP contribution is -2.25. The summed E-state index contributed by atoms with van der Waals surface area (Å²) in [5.41, 5.74) is 5.35. The molecule has 4 rings (SSSR count). The van der Waals surface area contributed by atoms with E-state index in [4.69, 9.17) is 0 Å². The molecule has 5 heteroatoms. The minimum absolute atomic E-state index is 0.285. The molecule has 0 bridgehead atoms. The van der Waals surface area contributed by atoms with Crippen molar-refractivity contribution >= 4 is 41.1 Å². The lowest BCUT2D eigenvalue weighted by molar-refractivity contribution is -0.115. The molecule has 2 heterocycles. The number of nitrogens with zero attached hydrogens (tertiary/aromatic N) is 1. The van der Waals surface area contributed by atoms with Gasteiger partial charge in [0.05, 0.1) is 0 Å². The van der Waals surface area contributed by atoms with Gasteiger partial charge in [0.1, 0.15) is 7.28 Å². The predicted octanol–water partition coefficient (Wildman–Crippen LogP) is 12.0. The molecule has 2 aromatic rings. The molecule has 1 atom stereocenters. The largest absolute Gasteiger partial charge is 0.301 e. The van der Waals surface area contributed by atoms with Crippen molar-refractivity contribution in [2.45, 2.75) is 136 Å². The zero-order valence-corrected chi connectivity index (χ0v) is 30.8. The van der Waals surface area contributed by atoms with E-state index in [0.717, 1.165) is 25.0 Å². The molecule has 0 spiro atoms. The topological polar surface area (TPSA) is 20.3 Å². The Balaban J connectivity index is 0.000000261. The number of ketones is 1. The molecular weight excluding hydrogens is 573 g/mol. The molecule has 1 unspecified atom stereocenters. The third-order valence-electron chi connectivity index (χ3n) is 8.31. The monoisotopic (exact) mass is 632 g/mol. The van der Waals surface area contributed by atoms with Crippen molar-refractivity contribution in [1.29, 1.82) is 0 Å². The number of likely N-dealkylation sites (N-methyl/N-ethyl adjacent to an activating group) is 1. The standard InChI is InChI=1S/C19H23NS2.C11H16BO.C9H20/c1-5-16(22-17-9-7-6-8-13(17)2)19-14(3)21-18-12-20(4)11-10-15(18)19;1-3-4-11(13)9-5-7-10(12-2)8-6-9;1-3-5-7-9-8-6-4-2/h5-9H,10-12H2,1-4H3;5-7,10H,3-4,8H2,1-2H3;3-9H2,1-2H3/b16-5-;;. The summed E-state index contributed by atoms with van der Waals surface area (Å²) in [6, 6.07) is 8.67. The number of aryl methyl sites for hydroxylation is 2. The summed E-state index contributed by atoms with van der Waals surface area (Å²) in [5, 5.41) is 0. The molecule has 44 heavy (non-hydrogen) atoms. The zero-order valence-electron chi connectivity index (χ0n) is 29.1. The van der Waals surface area contributed by atoms with E-state index in [1.807, 2.05) is 36.1 Å². The second kappa shape index (κ2) is 21.8. The Morgan fingerprint density at radius 2 is 1.73 bits per heavy atom. The molecule has 2 aliphatic rings. The Morgan fingerprint density at radius 1 is 1.05 bits per heavy atom. The highest BCUT2D eigenvalue weighted by molar-refractivity contribution is 8.08. The molecule has 0 amide bonds. The van der Waals surface area contributed by atoms with E-state index in [0.29, 0.717) is 12.2 Å². The average molecular weight is 633 g/mol. The van der Waals surface area contributed by atoms with E-state index >= 15 is 0 Å². The highest BCUT2D eigenvalue weighted by Crippen LogP contribution is 2.43. The molecule has 0 saturated heterocycles. The highest BCUT2D eigenvalue weighted by Gasteiger charge is 2.23. The molecule has 0 saturated carbocycles. The maximum Gasteiger partial charge on any atom is 0.162 e.